The van der Waals surface area contributed by atoms with E-state index in [4.69, 9.17) is 4.74 Å². The molecule has 8 heteroatoms. The zero-order chi connectivity index (χ0) is 25.6. The van der Waals surface area contributed by atoms with Gasteiger partial charge in [-0.15, -0.1) is 0 Å². The number of benzene rings is 1. The predicted molar refractivity (Wildman–Crippen MR) is 140 cm³/mol. The molecule has 3 aromatic rings. The summed E-state index contributed by atoms with van der Waals surface area (Å²) < 4.78 is 31.5. The van der Waals surface area contributed by atoms with Crippen LogP contribution in [-0.2, 0) is 13.0 Å². The van der Waals surface area contributed by atoms with Crippen LogP contribution < -0.4 is 4.74 Å². The SMILES string of the molecule is CC(F)(F)COc1nc2c(s1)CCN(C[C@H]1CC13CCC(CC(=O)c1cccc4ncccc14)CC3)C2. The van der Waals surface area contributed by atoms with Crippen LogP contribution in [0.3, 0.4) is 0 Å². The van der Waals surface area contributed by atoms with E-state index in [0.29, 0.717) is 28.9 Å². The summed E-state index contributed by atoms with van der Waals surface area (Å²) in [5.41, 5.74) is 3.13. The van der Waals surface area contributed by atoms with Gasteiger partial charge in [0.2, 0.25) is 0 Å². The molecule has 0 saturated heterocycles. The molecule has 1 aliphatic heterocycles. The fourth-order valence-electron chi connectivity index (χ4n) is 6.42. The van der Waals surface area contributed by atoms with E-state index in [0.717, 1.165) is 68.0 Å². The number of fused-ring (bicyclic) bond motifs is 2. The maximum absolute atomic E-state index is 13.1. The molecular formula is C29H33F2N3O2S. The van der Waals surface area contributed by atoms with Crippen LogP contribution in [-0.4, -0.2) is 46.3 Å². The van der Waals surface area contributed by atoms with Crippen molar-refractivity contribution in [3.05, 3.63) is 52.7 Å². The van der Waals surface area contributed by atoms with Gasteiger partial charge in [0.05, 0.1) is 11.2 Å². The summed E-state index contributed by atoms with van der Waals surface area (Å²) in [5, 5.41) is 1.32. The summed E-state index contributed by atoms with van der Waals surface area (Å²) in [6.45, 7) is 3.08. The van der Waals surface area contributed by atoms with Crippen molar-refractivity contribution in [1.29, 1.82) is 0 Å². The monoisotopic (exact) mass is 525 g/mol. The minimum absolute atomic E-state index is 0.241. The molecule has 0 unspecified atom stereocenters. The highest BCUT2D eigenvalue weighted by Crippen LogP contribution is 2.62. The molecule has 2 fully saturated rings. The van der Waals surface area contributed by atoms with E-state index in [1.165, 1.54) is 35.5 Å². The van der Waals surface area contributed by atoms with Crippen LogP contribution in [0.5, 0.6) is 5.19 Å². The van der Waals surface area contributed by atoms with Crippen molar-refractivity contribution in [2.24, 2.45) is 17.3 Å². The average molecular weight is 526 g/mol. The molecule has 0 N–H and O–H groups in total. The molecule has 6 rings (SSSR count). The van der Waals surface area contributed by atoms with E-state index in [1.807, 2.05) is 30.3 Å². The van der Waals surface area contributed by atoms with Gasteiger partial charge in [0.1, 0.15) is 0 Å². The van der Waals surface area contributed by atoms with Crippen LogP contribution >= 0.6 is 11.3 Å². The smallest absolute Gasteiger partial charge is 0.278 e. The lowest BCUT2D eigenvalue weighted by Crippen LogP contribution is -2.33. The minimum Gasteiger partial charge on any atom is -0.464 e. The molecular weight excluding hydrogens is 492 g/mol. The number of halogens is 2. The van der Waals surface area contributed by atoms with Gasteiger partial charge in [0.25, 0.3) is 11.1 Å². The Labute approximate surface area is 220 Å². The van der Waals surface area contributed by atoms with Crippen molar-refractivity contribution < 1.29 is 18.3 Å². The molecule has 1 spiro atoms. The number of carbonyl (C=O) groups excluding carboxylic acids is 1. The van der Waals surface area contributed by atoms with Crippen molar-refractivity contribution in [2.45, 2.75) is 64.3 Å². The van der Waals surface area contributed by atoms with Crippen LogP contribution in [0.4, 0.5) is 8.78 Å². The average Bonchev–Trinajstić information content (AvgIpc) is 3.35. The Morgan fingerprint density at radius 1 is 1.24 bits per heavy atom. The summed E-state index contributed by atoms with van der Waals surface area (Å²) in [7, 11) is 0. The summed E-state index contributed by atoms with van der Waals surface area (Å²) >= 11 is 1.41. The molecule has 0 amide bonds. The van der Waals surface area contributed by atoms with E-state index in [-0.39, 0.29) is 5.78 Å². The first-order chi connectivity index (χ1) is 17.8. The molecule has 0 bridgehead atoms. The number of ether oxygens (including phenoxy) is 1. The van der Waals surface area contributed by atoms with E-state index in [1.54, 1.807) is 6.20 Å². The Balaban J connectivity index is 0.991. The van der Waals surface area contributed by atoms with Crippen LogP contribution in [0.1, 0.15) is 66.4 Å². The fraction of sp³-hybridized carbons (Fsp3) is 0.552. The molecule has 2 saturated carbocycles. The summed E-state index contributed by atoms with van der Waals surface area (Å²) in [5.74, 6) is -1.43. The quantitative estimate of drug-likeness (QED) is 0.312. The second-order valence-electron chi connectivity index (χ2n) is 11.4. The van der Waals surface area contributed by atoms with Crippen LogP contribution in [0.2, 0.25) is 0 Å². The lowest BCUT2D eigenvalue weighted by molar-refractivity contribution is -0.0230. The summed E-state index contributed by atoms with van der Waals surface area (Å²) in [6, 6.07) is 9.72. The Bertz CT molecular complexity index is 1290. The molecule has 5 nitrogen and oxygen atoms in total. The normalized spacial score (nSPS) is 25.8. The number of pyridine rings is 1. The van der Waals surface area contributed by atoms with Crippen LogP contribution in [0.25, 0.3) is 10.9 Å². The number of nitrogens with zero attached hydrogens (tertiary/aromatic N) is 3. The number of carbonyl (C=O) groups is 1. The van der Waals surface area contributed by atoms with E-state index in [9.17, 15) is 13.6 Å². The van der Waals surface area contributed by atoms with Crippen molar-refractivity contribution in [3.8, 4) is 5.19 Å². The largest absolute Gasteiger partial charge is 0.464 e. The molecule has 37 heavy (non-hydrogen) atoms. The highest BCUT2D eigenvalue weighted by Gasteiger charge is 2.55. The van der Waals surface area contributed by atoms with Crippen LogP contribution in [0, 0.1) is 17.3 Å². The molecule has 1 aromatic carbocycles. The third-order valence-electron chi connectivity index (χ3n) is 8.59. The molecule has 2 aliphatic carbocycles. The van der Waals surface area contributed by atoms with Gasteiger partial charge >= 0.3 is 0 Å². The van der Waals surface area contributed by atoms with E-state index >= 15 is 0 Å². The second kappa shape index (κ2) is 9.70. The summed E-state index contributed by atoms with van der Waals surface area (Å²) in [6.07, 6.45) is 9.27. The number of thiazole rings is 1. The minimum atomic E-state index is -2.85. The Morgan fingerprint density at radius 3 is 2.89 bits per heavy atom. The van der Waals surface area contributed by atoms with Gasteiger partial charge in [-0.2, -0.15) is 0 Å². The van der Waals surface area contributed by atoms with Crippen molar-refractivity contribution in [1.82, 2.24) is 14.9 Å². The third kappa shape index (κ3) is 5.41. The van der Waals surface area contributed by atoms with Gasteiger partial charge in [-0.25, -0.2) is 13.8 Å². The molecule has 1 atom stereocenters. The number of aromatic nitrogens is 2. The van der Waals surface area contributed by atoms with Crippen molar-refractivity contribution in [3.63, 3.8) is 0 Å². The highest BCUT2D eigenvalue weighted by molar-refractivity contribution is 7.13. The molecule has 196 valence electrons. The van der Waals surface area contributed by atoms with Gasteiger partial charge in [0, 0.05) is 55.0 Å². The van der Waals surface area contributed by atoms with Crippen LogP contribution in [0.15, 0.2) is 36.5 Å². The number of alkyl halides is 2. The van der Waals surface area contributed by atoms with Gasteiger partial charge in [-0.1, -0.05) is 29.5 Å². The first-order valence-electron chi connectivity index (χ1n) is 13.4. The van der Waals surface area contributed by atoms with Gasteiger partial charge in [0.15, 0.2) is 12.4 Å². The Morgan fingerprint density at radius 2 is 2.08 bits per heavy atom. The zero-order valence-corrected chi connectivity index (χ0v) is 22.0. The lowest BCUT2D eigenvalue weighted by atomic mass is 9.76. The molecule has 0 radical (unpaired) electrons. The lowest BCUT2D eigenvalue weighted by Gasteiger charge is -2.31. The predicted octanol–water partition coefficient (Wildman–Crippen LogP) is 6.55. The highest BCUT2D eigenvalue weighted by atomic mass is 32.1. The van der Waals surface area contributed by atoms with Gasteiger partial charge in [-0.05, 0) is 67.9 Å². The zero-order valence-electron chi connectivity index (χ0n) is 21.2. The first kappa shape index (κ1) is 24.9. The number of rotatable bonds is 8. The van der Waals surface area contributed by atoms with Gasteiger partial charge in [-0.3, -0.25) is 14.7 Å². The van der Waals surface area contributed by atoms with Crippen molar-refractivity contribution >= 4 is 28.0 Å². The summed E-state index contributed by atoms with van der Waals surface area (Å²) in [4.78, 5) is 25.7. The molecule has 2 aromatic heterocycles. The standard InChI is InChI=1S/C29H33F2N3O2S/c1-28(30,31)18-36-27-33-24-17-34(13-9-26(24)37-27)16-20-15-29(20)10-7-19(8-11-29)14-25(35)22-4-2-6-23-21(22)5-3-12-32-23/h2-6,12,19-20H,7-11,13-18H2,1H3/t19?,20-,29?/m1/s1. The number of ketones is 1. The van der Waals surface area contributed by atoms with Crippen molar-refractivity contribution in [2.75, 3.05) is 19.7 Å². The van der Waals surface area contributed by atoms with E-state index in [2.05, 4.69) is 14.9 Å². The topological polar surface area (TPSA) is 55.3 Å². The second-order valence-corrected chi connectivity index (χ2v) is 12.4. The number of hydrogen-bond donors (Lipinski definition) is 0. The van der Waals surface area contributed by atoms with E-state index < -0.39 is 12.5 Å². The third-order valence-corrected chi connectivity index (χ3v) is 9.66. The maximum Gasteiger partial charge on any atom is 0.278 e. The van der Waals surface area contributed by atoms with Gasteiger partial charge < -0.3 is 4.74 Å². The Kier molecular flexibility index (Phi) is 6.51. The number of Topliss-reactive ketones (excluding diaryl/α,β-unsaturated/α-hetero) is 1. The first-order valence-corrected chi connectivity index (χ1v) is 14.2. The molecule has 3 aliphatic rings. The Hall–Kier alpha value is -2.45. The fourth-order valence-corrected chi connectivity index (χ4v) is 7.33. The maximum atomic E-state index is 13.1. The molecule has 3 heterocycles. The number of hydrogen-bond acceptors (Lipinski definition) is 6.